The molecule has 0 radical (unpaired) electrons. The summed E-state index contributed by atoms with van der Waals surface area (Å²) in [6.45, 7) is 0. The zero-order chi connectivity index (χ0) is 18.0. The second kappa shape index (κ2) is 7.76. The molecule has 1 atom stereocenters. The monoisotopic (exact) mass is 408 g/mol. The summed E-state index contributed by atoms with van der Waals surface area (Å²) in [6.07, 6.45) is 0. The molecule has 3 rings (SSSR count). The van der Waals surface area contributed by atoms with Crippen molar-refractivity contribution in [2.45, 2.75) is 0 Å². The van der Waals surface area contributed by atoms with Crippen LogP contribution in [0, 0.1) is 0 Å². The fourth-order valence-electron chi connectivity index (χ4n) is 2.47. The third-order valence-electron chi connectivity index (χ3n) is 3.73. The van der Waals surface area contributed by atoms with Crippen LogP contribution >= 0.6 is 42.6 Å². The summed E-state index contributed by atoms with van der Waals surface area (Å²) < 4.78 is 13.0. The molecular weight excluding hydrogens is 398 g/mol. The van der Waals surface area contributed by atoms with Crippen molar-refractivity contribution < 1.29 is 9.36 Å². The van der Waals surface area contributed by atoms with Gasteiger partial charge in [-0.25, -0.2) is 0 Å². The van der Waals surface area contributed by atoms with Gasteiger partial charge in [0.1, 0.15) is 7.80 Å². The van der Waals surface area contributed by atoms with E-state index in [1.165, 1.54) is 12.1 Å². The summed E-state index contributed by atoms with van der Waals surface area (Å²) in [4.78, 5) is 13.0. The summed E-state index contributed by atoms with van der Waals surface area (Å²) in [5, 5.41) is 1.67. The first-order chi connectivity index (χ1) is 12.0. The number of halogens is 3. The largest absolute Gasteiger partial charge is 0.317 e. The number of ketones is 1. The van der Waals surface area contributed by atoms with Crippen molar-refractivity contribution in [2.75, 3.05) is 0 Å². The second-order valence-corrected chi connectivity index (χ2v) is 8.23. The third kappa shape index (κ3) is 3.68. The Hall–Kier alpha value is -1.57. The number of carbonyl (C=O) groups is 1. The van der Waals surface area contributed by atoms with Crippen LogP contribution in [0.2, 0.25) is 15.1 Å². The highest BCUT2D eigenvalue weighted by Gasteiger charge is 2.21. The lowest BCUT2D eigenvalue weighted by molar-refractivity contribution is 0.104. The molecule has 0 saturated carbocycles. The third-order valence-corrected chi connectivity index (χ3v) is 6.81. The number of hydrogen-bond donors (Lipinski definition) is 0. The Kier molecular flexibility index (Phi) is 5.66. The predicted molar refractivity (Wildman–Crippen MR) is 106 cm³/mol. The van der Waals surface area contributed by atoms with Crippen LogP contribution in [0.4, 0.5) is 0 Å². The summed E-state index contributed by atoms with van der Waals surface area (Å²) >= 11 is 18.2. The van der Waals surface area contributed by atoms with Crippen molar-refractivity contribution in [2.24, 2.45) is 0 Å². The van der Waals surface area contributed by atoms with E-state index in [1.807, 2.05) is 18.2 Å². The molecule has 2 nitrogen and oxygen atoms in total. The molecule has 0 spiro atoms. The molecule has 0 fully saturated rings. The van der Waals surface area contributed by atoms with Crippen molar-refractivity contribution in [1.29, 1.82) is 0 Å². The highest BCUT2D eigenvalue weighted by molar-refractivity contribution is 7.61. The first kappa shape index (κ1) is 18.2. The Balaban J connectivity index is 2.09. The summed E-state index contributed by atoms with van der Waals surface area (Å²) in [6, 6.07) is 18.9. The minimum Gasteiger partial charge on any atom is -0.317 e. The molecule has 0 aromatic heterocycles. The van der Waals surface area contributed by atoms with E-state index in [4.69, 9.17) is 34.8 Å². The van der Waals surface area contributed by atoms with Crippen LogP contribution in [0.1, 0.15) is 15.9 Å². The molecule has 3 aromatic carbocycles. The fourth-order valence-corrected chi connectivity index (χ4v) is 4.59. The van der Waals surface area contributed by atoms with Gasteiger partial charge in [0.2, 0.25) is 0 Å². The molecule has 0 aliphatic rings. The molecule has 0 saturated heterocycles. The van der Waals surface area contributed by atoms with Crippen LogP contribution in [0.25, 0.3) is 0 Å². The maximum atomic E-state index is 13.0. The number of benzene rings is 3. The SMILES string of the molecule is O=C(c1ccccc1[PH](=O)c1ccccc1)c1ccc(Cl)c(Cl)c1Cl. The predicted octanol–water partition coefficient (Wildman–Crippen LogP) is 5.39. The number of hydrogen-bond acceptors (Lipinski definition) is 2. The Bertz CT molecular complexity index is 972. The molecule has 0 amide bonds. The fraction of sp³-hybridized carbons (Fsp3) is 0. The minimum atomic E-state index is -2.33. The molecule has 126 valence electrons. The van der Waals surface area contributed by atoms with E-state index in [9.17, 15) is 9.36 Å². The van der Waals surface area contributed by atoms with Crippen LogP contribution in [-0.2, 0) is 4.57 Å². The van der Waals surface area contributed by atoms with Gasteiger partial charge in [-0.2, -0.15) is 0 Å². The van der Waals surface area contributed by atoms with Gasteiger partial charge in [0.15, 0.2) is 5.78 Å². The Morgan fingerprint density at radius 2 is 1.36 bits per heavy atom. The molecule has 0 aliphatic carbocycles. The maximum Gasteiger partial charge on any atom is 0.195 e. The van der Waals surface area contributed by atoms with E-state index in [2.05, 4.69) is 0 Å². The van der Waals surface area contributed by atoms with Crippen LogP contribution < -0.4 is 10.6 Å². The van der Waals surface area contributed by atoms with E-state index in [0.29, 0.717) is 16.2 Å². The highest BCUT2D eigenvalue weighted by atomic mass is 35.5. The van der Waals surface area contributed by atoms with Gasteiger partial charge in [-0.1, -0.05) is 89.4 Å². The quantitative estimate of drug-likeness (QED) is 0.329. The molecule has 1 unspecified atom stereocenters. The average Bonchev–Trinajstić information content (AvgIpc) is 2.66. The smallest absolute Gasteiger partial charge is 0.195 e. The molecule has 0 aliphatic heterocycles. The zero-order valence-corrected chi connectivity index (χ0v) is 16.1. The van der Waals surface area contributed by atoms with Crippen molar-refractivity contribution in [3.63, 3.8) is 0 Å². The highest BCUT2D eigenvalue weighted by Crippen LogP contribution is 2.34. The minimum absolute atomic E-state index is 0.0911. The van der Waals surface area contributed by atoms with Gasteiger partial charge in [0.05, 0.1) is 15.1 Å². The van der Waals surface area contributed by atoms with E-state index < -0.39 is 7.80 Å². The van der Waals surface area contributed by atoms with Gasteiger partial charge in [0.25, 0.3) is 0 Å². The zero-order valence-electron chi connectivity index (χ0n) is 12.8. The van der Waals surface area contributed by atoms with Crippen molar-refractivity contribution in [3.05, 3.63) is 92.9 Å². The molecule has 6 heteroatoms. The van der Waals surface area contributed by atoms with Gasteiger partial charge in [0, 0.05) is 21.7 Å². The molecule has 0 N–H and O–H groups in total. The Morgan fingerprint density at radius 3 is 2.08 bits per heavy atom. The first-order valence-electron chi connectivity index (χ1n) is 7.37. The van der Waals surface area contributed by atoms with Gasteiger partial charge in [-0.3, -0.25) is 4.79 Å². The number of rotatable bonds is 4. The van der Waals surface area contributed by atoms with Crippen molar-refractivity contribution >= 4 is 59.0 Å². The average molecular weight is 410 g/mol. The van der Waals surface area contributed by atoms with E-state index >= 15 is 0 Å². The van der Waals surface area contributed by atoms with E-state index in [1.54, 1.807) is 36.4 Å². The van der Waals surface area contributed by atoms with Crippen LogP contribution in [0.3, 0.4) is 0 Å². The lowest BCUT2D eigenvalue weighted by Gasteiger charge is -2.11. The lowest BCUT2D eigenvalue weighted by atomic mass is 10.0. The molecular formula is C19H12Cl3O2P. The standard InChI is InChI=1S/C19H12Cl3O2P/c20-15-11-10-14(17(21)18(15)22)19(23)13-8-4-5-9-16(13)25(24)12-6-2-1-3-7-12/h1-11,25H. The van der Waals surface area contributed by atoms with Gasteiger partial charge >= 0.3 is 0 Å². The second-order valence-electron chi connectivity index (χ2n) is 5.29. The van der Waals surface area contributed by atoms with E-state index in [0.717, 1.165) is 0 Å². The van der Waals surface area contributed by atoms with Gasteiger partial charge in [-0.05, 0) is 12.1 Å². The number of carbonyl (C=O) groups excluding carboxylic acids is 1. The lowest BCUT2D eigenvalue weighted by Crippen LogP contribution is -2.17. The first-order valence-corrected chi connectivity index (χ1v) is 9.92. The van der Waals surface area contributed by atoms with Crippen LogP contribution in [-0.4, -0.2) is 5.78 Å². The summed E-state index contributed by atoms with van der Waals surface area (Å²) in [5.74, 6) is -0.339. The topological polar surface area (TPSA) is 34.1 Å². The van der Waals surface area contributed by atoms with Gasteiger partial charge < -0.3 is 4.57 Å². The van der Waals surface area contributed by atoms with Crippen molar-refractivity contribution in [3.8, 4) is 0 Å². The maximum absolute atomic E-state index is 13.0. The molecule has 0 bridgehead atoms. The van der Waals surface area contributed by atoms with E-state index in [-0.39, 0.29) is 26.4 Å². The normalized spacial score (nSPS) is 12.0. The summed E-state index contributed by atoms with van der Waals surface area (Å²) in [7, 11) is -2.33. The molecule has 3 aromatic rings. The Labute approximate surface area is 161 Å². The van der Waals surface area contributed by atoms with Gasteiger partial charge in [-0.15, -0.1) is 0 Å². The van der Waals surface area contributed by atoms with Crippen LogP contribution in [0.5, 0.6) is 0 Å². The van der Waals surface area contributed by atoms with Crippen molar-refractivity contribution in [1.82, 2.24) is 0 Å². The molecule has 25 heavy (non-hydrogen) atoms. The summed E-state index contributed by atoms with van der Waals surface area (Å²) in [5.41, 5.74) is 0.571. The molecule has 0 heterocycles. The van der Waals surface area contributed by atoms with Crippen LogP contribution in [0.15, 0.2) is 66.7 Å². The Morgan fingerprint density at radius 1 is 0.720 bits per heavy atom.